The number of amides is 1. The number of methoxy groups -OCH3 is 1. The molecule has 0 unspecified atom stereocenters. The number of nitro benzene ring substituents is 1. The van der Waals surface area contributed by atoms with E-state index in [0.29, 0.717) is 12.1 Å². The van der Waals surface area contributed by atoms with Gasteiger partial charge in [-0.1, -0.05) is 15.9 Å². The molecule has 0 heterocycles. The van der Waals surface area contributed by atoms with Gasteiger partial charge in [0.2, 0.25) is 0 Å². The normalized spacial score (nSPS) is 10.5. The van der Waals surface area contributed by atoms with Crippen molar-refractivity contribution in [3.8, 4) is 5.75 Å². The van der Waals surface area contributed by atoms with E-state index in [1.807, 2.05) is 13.8 Å². The van der Waals surface area contributed by atoms with Gasteiger partial charge in [0.1, 0.15) is 0 Å². The summed E-state index contributed by atoms with van der Waals surface area (Å²) in [5, 5.41) is 11.8. The van der Waals surface area contributed by atoms with Crippen molar-refractivity contribution in [1.82, 2.24) is 4.90 Å². The minimum absolute atomic E-state index is 0.0257. The number of nitro groups is 1. The zero-order valence-electron chi connectivity index (χ0n) is 12.3. The first-order valence-electron chi connectivity index (χ1n) is 6.61. The third-order valence-corrected chi connectivity index (χ3v) is 3.60. The van der Waals surface area contributed by atoms with Crippen molar-refractivity contribution in [2.45, 2.75) is 26.3 Å². The van der Waals surface area contributed by atoms with Crippen LogP contribution in [0.3, 0.4) is 0 Å². The third-order valence-electron chi connectivity index (χ3n) is 3.04. The van der Waals surface area contributed by atoms with E-state index >= 15 is 0 Å². The molecule has 1 rings (SSSR count). The average Bonchev–Trinajstić information content (AvgIpc) is 2.46. The first-order valence-corrected chi connectivity index (χ1v) is 7.73. The molecule has 0 fully saturated rings. The molecule has 0 radical (unpaired) electrons. The first kappa shape index (κ1) is 17.4. The third kappa shape index (κ3) is 4.42. The summed E-state index contributed by atoms with van der Waals surface area (Å²) < 4.78 is 4.94. The van der Waals surface area contributed by atoms with Crippen LogP contribution in [0.5, 0.6) is 5.75 Å². The van der Waals surface area contributed by atoms with Gasteiger partial charge >= 0.3 is 5.69 Å². The molecule has 0 saturated heterocycles. The van der Waals surface area contributed by atoms with Gasteiger partial charge in [-0.25, -0.2) is 0 Å². The summed E-state index contributed by atoms with van der Waals surface area (Å²) >= 11 is 3.34. The lowest BCUT2D eigenvalue weighted by molar-refractivity contribution is -0.385. The molecule has 6 nitrogen and oxygen atoms in total. The van der Waals surface area contributed by atoms with Crippen LogP contribution in [0.2, 0.25) is 0 Å². The molecule has 0 spiro atoms. The molecule has 0 aromatic heterocycles. The predicted molar refractivity (Wildman–Crippen MR) is 84.2 cm³/mol. The minimum Gasteiger partial charge on any atom is -0.490 e. The number of halogens is 1. The Bertz CT molecular complexity index is 520. The fraction of sp³-hybridized carbons (Fsp3) is 0.500. The van der Waals surface area contributed by atoms with Crippen molar-refractivity contribution in [1.29, 1.82) is 0 Å². The van der Waals surface area contributed by atoms with E-state index in [9.17, 15) is 14.9 Å². The van der Waals surface area contributed by atoms with Crippen molar-refractivity contribution < 1.29 is 14.5 Å². The van der Waals surface area contributed by atoms with Crippen molar-refractivity contribution >= 4 is 27.5 Å². The zero-order chi connectivity index (χ0) is 16.0. The molecule has 0 N–H and O–H groups in total. The van der Waals surface area contributed by atoms with E-state index in [0.717, 1.165) is 11.8 Å². The molecule has 116 valence electrons. The minimum atomic E-state index is -0.548. The number of ether oxygens (including phenoxy) is 1. The summed E-state index contributed by atoms with van der Waals surface area (Å²) in [5.41, 5.74) is 0.0957. The van der Waals surface area contributed by atoms with Crippen LogP contribution in [-0.2, 0) is 0 Å². The molecule has 0 atom stereocenters. The maximum Gasteiger partial charge on any atom is 0.311 e. The Morgan fingerprint density at radius 2 is 2.14 bits per heavy atom. The number of rotatable bonds is 7. The molecular weight excluding hydrogens is 340 g/mol. The van der Waals surface area contributed by atoms with Crippen molar-refractivity contribution in [3.05, 3.63) is 33.9 Å². The molecule has 1 aromatic carbocycles. The molecule has 0 saturated carbocycles. The fourth-order valence-corrected chi connectivity index (χ4v) is 2.21. The van der Waals surface area contributed by atoms with Gasteiger partial charge in [0.15, 0.2) is 5.75 Å². The van der Waals surface area contributed by atoms with Gasteiger partial charge in [0.05, 0.1) is 12.0 Å². The summed E-state index contributed by atoms with van der Waals surface area (Å²) in [6, 6.07) is 4.30. The van der Waals surface area contributed by atoms with Gasteiger partial charge in [-0.05, 0) is 32.4 Å². The quantitative estimate of drug-likeness (QED) is 0.426. The highest BCUT2D eigenvalue weighted by atomic mass is 79.9. The molecule has 0 aliphatic rings. The number of hydrogen-bond acceptors (Lipinski definition) is 4. The molecule has 0 bridgehead atoms. The van der Waals surface area contributed by atoms with Crippen LogP contribution in [0.4, 0.5) is 5.69 Å². The number of hydrogen-bond donors (Lipinski definition) is 0. The summed E-state index contributed by atoms with van der Waals surface area (Å²) in [7, 11) is 1.36. The first-order chi connectivity index (χ1) is 9.92. The lowest BCUT2D eigenvalue weighted by atomic mass is 10.1. The predicted octanol–water partition coefficient (Wildman–Crippen LogP) is 3.24. The highest BCUT2D eigenvalue weighted by Crippen LogP contribution is 2.28. The van der Waals surface area contributed by atoms with E-state index in [4.69, 9.17) is 4.74 Å². The Balaban J connectivity index is 3.10. The summed E-state index contributed by atoms with van der Waals surface area (Å²) in [6.45, 7) is 4.44. The second-order valence-electron chi connectivity index (χ2n) is 4.78. The zero-order valence-corrected chi connectivity index (χ0v) is 13.9. The number of alkyl halides is 1. The summed E-state index contributed by atoms with van der Waals surface area (Å²) in [5.74, 6) is -0.0650. The number of carbonyl (C=O) groups is 1. The Hall–Kier alpha value is -1.63. The maximum absolute atomic E-state index is 12.5. The van der Waals surface area contributed by atoms with Crippen LogP contribution in [0, 0.1) is 10.1 Å². The van der Waals surface area contributed by atoms with Crippen molar-refractivity contribution in [2.24, 2.45) is 0 Å². The lowest BCUT2D eigenvalue weighted by Gasteiger charge is -2.26. The van der Waals surface area contributed by atoms with Crippen LogP contribution < -0.4 is 4.74 Å². The van der Waals surface area contributed by atoms with Crippen LogP contribution in [0.25, 0.3) is 0 Å². The molecular formula is C14H19BrN2O4. The molecule has 0 aliphatic carbocycles. The van der Waals surface area contributed by atoms with Crippen LogP contribution in [-0.4, -0.2) is 40.8 Å². The Morgan fingerprint density at radius 1 is 1.48 bits per heavy atom. The monoisotopic (exact) mass is 358 g/mol. The molecule has 21 heavy (non-hydrogen) atoms. The SMILES string of the molecule is COc1ccc(C(=O)N(CCCBr)C(C)C)cc1[N+](=O)[O-]. The van der Waals surface area contributed by atoms with Crippen molar-refractivity contribution in [2.75, 3.05) is 19.0 Å². The average molecular weight is 359 g/mol. The Kier molecular flexibility index (Phi) is 6.61. The van der Waals surface area contributed by atoms with E-state index in [1.54, 1.807) is 11.0 Å². The number of benzene rings is 1. The molecule has 1 aromatic rings. The second kappa shape index (κ2) is 7.97. The highest BCUT2D eigenvalue weighted by Gasteiger charge is 2.22. The van der Waals surface area contributed by atoms with Crippen LogP contribution in [0.1, 0.15) is 30.6 Å². The van der Waals surface area contributed by atoms with Gasteiger partial charge in [0.25, 0.3) is 5.91 Å². The highest BCUT2D eigenvalue weighted by molar-refractivity contribution is 9.09. The Labute approximate surface area is 132 Å². The standard InChI is InChI=1S/C14H19BrN2O4/c1-10(2)16(8-4-7-15)14(18)11-5-6-13(21-3)12(9-11)17(19)20/h5-6,9-10H,4,7-8H2,1-3H3. The Morgan fingerprint density at radius 3 is 2.62 bits per heavy atom. The largest absolute Gasteiger partial charge is 0.490 e. The van der Waals surface area contributed by atoms with E-state index in [1.165, 1.54) is 19.2 Å². The topological polar surface area (TPSA) is 72.7 Å². The molecule has 7 heteroatoms. The van der Waals surface area contributed by atoms with Gasteiger partial charge < -0.3 is 9.64 Å². The van der Waals surface area contributed by atoms with Gasteiger partial charge in [-0.3, -0.25) is 14.9 Å². The van der Waals surface area contributed by atoms with E-state index in [-0.39, 0.29) is 23.4 Å². The summed E-state index contributed by atoms with van der Waals surface area (Å²) in [4.78, 5) is 24.7. The lowest BCUT2D eigenvalue weighted by Crippen LogP contribution is -2.37. The van der Waals surface area contributed by atoms with Crippen molar-refractivity contribution in [3.63, 3.8) is 0 Å². The van der Waals surface area contributed by atoms with Gasteiger partial charge in [-0.2, -0.15) is 0 Å². The van der Waals surface area contributed by atoms with Gasteiger partial charge in [-0.15, -0.1) is 0 Å². The second-order valence-corrected chi connectivity index (χ2v) is 5.57. The van der Waals surface area contributed by atoms with Gasteiger partial charge in [0, 0.05) is 29.5 Å². The summed E-state index contributed by atoms with van der Waals surface area (Å²) in [6.07, 6.45) is 0.822. The molecule has 0 aliphatic heterocycles. The smallest absolute Gasteiger partial charge is 0.311 e. The van der Waals surface area contributed by atoms with E-state index < -0.39 is 4.92 Å². The maximum atomic E-state index is 12.5. The molecule has 1 amide bonds. The van der Waals surface area contributed by atoms with Crippen LogP contribution in [0.15, 0.2) is 18.2 Å². The number of nitrogens with zero attached hydrogens (tertiary/aromatic N) is 2. The van der Waals surface area contributed by atoms with Crippen LogP contribution >= 0.6 is 15.9 Å². The van der Waals surface area contributed by atoms with E-state index in [2.05, 4.69) is 15.9 Å². The fourth-order valence-electron chi connectivity index (χ4n) is 1.96. The number of carbonyl (C=O) groups excluding carboxylic acids is 1.